The third-order valence-electron chi connectivity index (χ3n) is 5.17. The van der Waals surface area contributed by atoms with E-state index in [0.29, 0.717) is 17.4 Å². The van der Waals surface area contributed by atoms with Crippen LogP contribution in [0.5, 0.6) is 17.2 Å². The molecule has 0 amide bonds. The van der Waals surface area contributed by atoms with Gasteiger partial charge in [-0.3, -0.25) is 4.79 Å². The van der Waals surface area contributed by atoms with Crippen LogP contribution in [-0.2, 0) is 6.54 Å². The molecule has 0 fully saturated rings. The van der Waals surface area contributed by atoms with Crippen molar-refractivity contribution in [2.75, 3.05) is 6.61 Å². The number of fused-ring (bicyclic) bond motifs is 1. The van der Waals surface area contributed by atoms with E-state index in [0.717, 1.165) is 38.5 Å². The Kier molecular flexibility index (Phi) is 9.03. The van der Waals surface area contributed by atoms with Crippen LogP contribution in [0.2, 0.25) is 0 Å². The van der Waals surface area contributed by atoms with Gasteiger partial charge in [-0.25, -0.2) is 0 Å². The number of aryl methyl sites for hydroxylation is 1. The third kappa shape index (κ3) is 6.41. The topological polar surface area (TPSA) is 71.7 Å². The van der Waals surface area contributed by atoms with Crippen molar-refractivity contribution in [3.05, 3.63) is 51.9 Å². The van der Waals surface area contributed by atoms with Crippen molar-refractivity contribution in [1.29, 1.82) is 0 Å². The number of nitrogens with zero attached hydrogens (tertiary/aromatic N) is 1. The Hall–Kier alpha value is -2.69. The number of unbranched alkanes of at least 4 members (excludes halogenated alkanes) is 3. The van der Waals surface area contributed by atoms with Gasteiger partial charge in [-0.1, -0.05) is 43.4 Å². The molecule has 0 spiro atoms. The number of hydrogen-bond acceptors (Lipinski definition) is 4. The molecule has 2 rings (SSSR count). The van der Waals surface area contributed by atoms with Crippen LogP contribution in [0.25, 0.3) is 10.9 Å². The van der Waals surface area contributed by atoms with Gasteiger partial charge in [0, 0.05) is 18.0 Å². The Morgan fingerprint density at radius 2 is 1.87 bits per heavy atom. The third-order valence-corrected chi connectivity index (χ3v) is 5.17. The van der Waals surface area contributed by atoms with Gasteiger partial charge in [-0.15, -0.1) is 0 Å². The van der Waals surface area contributed by atoms with Gasteiger partial charge in [0.1, 0.15) is 12.4 Å². The van der Waals surface area contributed by atoms with Crippen LogP contribution in [0, 0.1) is 0 Å². The second-order valence-electron chi connectivity index (χ2n) is 8.08. The highest BCUT2D eigenvalue weighted by Gasteiger charge is 2.17. The molecule has 2 N–H and O–H groups in total. The molecule has 0 radical (unpaired) electrons. The van der Waals surface area contributed by atoms with Crippen molar-refractivity contribution in [2.24, 2.45) is 0 Å². The maximum absolute atomic E-state index is 12.8. The van der Waals surface area contributed by atoms with Crippen LogP contribution >= 0.6 is 0 Å². The van der Waals surface area contributed by atoms with Crippen LogP contribution in [0.1, 0.15) is 66.2 Å². The number of phenols is 1. The zero-order valence-electron chi connectivity index (χ0n) is 18.7. The highest BCUT2D eigenvalue weighted by atomic mass is 16.5. The summed E-state index contributed by atoms with van der Waals surface area (Å²) in [4.78, 5) is 12.8. The standard InChI is InChI=1S/C25H35NO4/c1-5-6-7-8-15-26-22-17-20(27)12-13-21(22)24(23(28)25(26)29)30-16-14-19(4)11-9-10-18(2)3/h10,12-14,17,27-28H,5-9,11,15-16H2,1-4H3/b19-14+. The lowest BCUT2D eigenvalue weighted by molar-refractivity contribution is 0.334. The molecule has 1 heterocycles. The molecule has 0 atom stereocenters. The van der Waals surface area contributed by atoms with Crippen LogP contribution in [0.4, 0.5) is 0 Å². The first-order chi connectivity index (χ1) is 14.3. The van der Waals surface area contributed by atoms with Crippen LogP contribution in [-0.4, -0.2) is 21.4 Å². The number of allylic oxidation sites excluding steroid dienone is 3. The lowest BCUT2D eigenvalue weighted by Crippen LogP contribution is -2.21. The molecule has 30 heavy (non-hydrogen) atoms. The zero-order valence-corrected chi connectivity index (χ0v) is 18.7. The van der Waals surface area contributed by atoms with Gasteiger partial charge in [-0.05, 0) is 58.2 Å². The SMILES string of the molecule is CCCCCCn1c(=O)c(O)c(OC/C=C(\C)CCC=C(C)C)c2ccc(O)cc21. The Morgan fingerprint density at radius 3 is 2.57 bits per heavy atom. The second-order valence-corrected chi connectivity index (χ2v) is 8.08. The summed E-state index contributed by atoms with van der Waals surface area (Å²) in [5.41, 5.74) is 2.59. The van der Waals surface area contributed by atoms with Crippen molar-refractivity contribution in [3.8, 4) is 17.2 Å². The maximum atomic E-state index is 12.8. The number of pyridine rings is 1. The molecule has 0 aliphatic heterocycles. The van der Waals surface area contributed by atoms with Crippen LogP contribution < -0.4 is 10.3 Å². The largest absolute Gasteiger partial charge is 0.508 e. The molecule has 5 nitrogen and oxygen atoms in total. The minimum atomic E-state index is -0.483. The number of hydrogen-bond donors (Lipinski definition) is 2. The summed E-state index contributed by atoms with van der Waals surface area (Å²) in [6.45, 7) is 9.11. The number of phenolic OH excluding ortho intramolecular Hbond substituents is 1. The smallest absolute Gasteiger partial charge is 0.297 e. The predicted molar refractivity (Wildman–Crippen MR) is 124 cm³/mol. The molecule has 1 aromatic heterocycles. The molecular formula is C25H35NO4. The molecule has 0 bridgehead atoms. The molecule has 2 aromatic rings. The summed E-state index contributed by atoms with van der Waals surface area (Å²) in [6.07, 6.45) is 10.1. The van der Waals surface area contributed by atoms with Crippen molar-refractivity contribution in [1.82, 2.24) is 4.57 Å². The van der Waals surface area contributed by atoms with Gasteiger partial charge < -0.3 is 19.5 Å². The Labute approximate surface area is 179 Å². The zero-order chi connectivity index (χ0) is 22.1. The van der Waals surface area contributed by atoms with Crippen molar-refractivity contribution < 1.29 is 14.9 Å². The van der Waals surface area contributed by atoms with E-state index in [1.165, 1.54) is 15.7 Å². The lowest BCUT2D eigenvalue weighted by atomic mass is 10.1. The second kappa shape index (κ2) is 11.5. The van der Waals surface area contributed by atoms with E-state index in [-0.39, 0.29) is 23.9 Å². The van der Waals surface area contributed by atoms with Gasteiger partial charge in [0.15, 0.2) is 5.75 Å². The fraction of sp³-hybridized carbons (Fsp3) is 0.480. The van der Waals surface area contributed by atoms with Crippen molar-refractivity contribution in [2.45, 2.75) is 72.8 Å². The molecule has 1 aromatic carbocycles. The summed E-state index contributed by atoms with van der Waals surface area (Å²) in [7, 11) is 0. The monoisotopic (exact) mass is 413 g/mol. The first-order valence-corrected chi connectivity index (χ1v) is 10.9. The average Bonchev–Trinajstić information content (AvgIpc) is 2.70. The first-order valence-electron chi connectivity index (χ1n) is 10.9. The highest BCUT2D eigenvalue weighted by molar-refractivity contribution is 5.88. The van der Waals surface area contributed by atoms with E-state index in [1.807, 2.05) is 13.0 Å². The van der Waals surface area contributed by atoms with E-state index in [2.05, 4.69) is 26.8 Å². The lowest BCUT2D eigenvalue weighted by Gasteiger charge is -2.16. The molecule has 5 heteroatoms. The summed E-state index contributed by atoms with van der Waals surface area (Å²) >= 11 is 0. The van der Waals surface area contributed by atoms with Crippen LogP contribution in [0.3, 0.4) is 0 Å². The fourth-order valence-corrected chi connectivity index (χ4v) is 3.42. The van der Waals surface area contributed by atoms with E-state index < -0.39 is 5.56 Å². The molecule has 0 saturated carbocycles. The summed E-state index contributed by atoms with van der Waals surface area (Å²) in [5, 5.41) is 21.1. The van der Waals surface area contributed by atoms with Gasteiger partial charge in [0.05, 0.1) is 5.52 Å². The Morgan fingerprint density at radius 1 is 1.10 bits per heavy atom. The van der Waals surface area contributed by atoms with Gasteiger partial charge >= 0.3 is 0 Å². The number of ether oxygens (including phenoxy) is 1. The van der Waals surface area contributed by atoms with Gasteiger partial charge in [0.25, 0.3) is 5.56 Å². The van der Waals surface area contributed by atoms with Crippen molar-refractivity contribution in [3.63, 3.8) is 0 Å². The van der Waals surface area contributed by atoms with E-state index in [9.17, 15) is 15.0 Å². The first kappa shape index (κ1) is 23.6. The molecule has 164 valence electrons. The van der Waals surface area contributed by atoms with Crippen molar-refractivity contribution >= 4 is 10.9 Å². The molecule has 0 saturated heterocycles. The van der Waals surface area contributed by atoms with E-state index in [1.54, 1.807) is 18.2 Å². The minimum Gasteiger partial charge on any atom is -0.508 e. The Balaban J connectivity index is 2.27. The summed E-state index contributed by atoms with van der Waals surface area (Å²) < 4.78 is 7.37. The quantitative estimate of drug-likeness (QED) is 0.347. The summed E-state index contributed by atoms with van der Waals surface area (Å²) in [6, 6.07) is 4.79. The highest BCUT2D eigenvalue weighted by Crippen LogP contribution is 2.34. The number of benzene rings is 1. The molecular weight excluding hydrogens is 378 g/mol. The Bertz CT molecular complexity index is 965. The van der Waals surface area contributed by atoms with Crippen LogP contribution in [0.15, 0.2) is 46.3 Å². The predicted octanol–water partition coefficient (Wildman–Crippen LogP) is 6.06. The van der Waals surface area contributed by atoms with E-state index in [4.69, 9.17) is 4.74 Å². The minimum absolute atomic E-state index is 0.0795. The van der Waals surface area contributed by atoms with Gasteiger partial charge in [0.2, 0.25) is 5.75 Å². The van der Waals surface area contributed by atoms with E-state index >= 15 is 0 Å². The number of aromatic hydroxyl groups is 2. The molecule has 0 aliphatic carbocycles. The van der Waals surface area contributed by atoms with Gasteiger partial charge in [-0.2, -0.15) is 0 Å². The molecule has 0 unspecified atom stereocenters. The maximum Gasteiger partial charge on any atom is 0.297 e. The molecule has 0 aliphatic rings. The average molecular weight is 414 g/mol. The number of aromatic nitrogens is 1. The normalized spacial score (nSPS) is 11.7. The fourth-order valence-electron chi connectivity index (χ4n) is 3.42. The summed E-state index contributed by atoms with van der Waals surface area (Å²) in [5.74, 6) is -0.122. The number of rotatable bonds is 11.